The Morgan fingerprint density at radius 1 is 1.00 bits per heavy atom. The van der Waals surface area contributed by atoms with Crippen LogP contribution in [0, 0.1) is 0 Å². The summed E-state index contributed by atoms with van der Waals surface area (Å²) in [5, 5.41) is 19.6. The topological polar surface area (TPSA) is 50.9 Å². The second-order valence-electron chi connectivity index (χ2n) is 4.99. The molecular weight excluding hydrogens is 294 g/mol. The molecule has 1 atom stereocenters. The van der Waals surface area contributed by atoms with Gasteiger partial charge in [0, 0.05) is 12.8 Å². The maximum Gasteiger partial charge on any atom is 0.191 e. The maximum absolute atomic E-state index is 10.4. The van der Waals surface area contributed by atoms with Crippen molar-refractivity contribution >= 4 is 11.8 Å². The highest BCUT2D eigenvalue weighted by Gasteiger charge is 2.18. The van der Waals surface area contributed by atoms with E-state index in [-0.39, 0.29) is 0 Å². The summed E-state index contributed by atoms with van der Waals surface area (Å²) in [4.78, 5) is 0. The molecule has 0 amide bonds. The van der Waals surface area contributed by atoms with E-state index in [0.717, 1.165) is 16.5 Å². The molecule has 112 valence electrons. The molecule has 2 aromatic carbocycles. The van der Waals surface area contributed by atoms with E-state index in [1.54, 1.807) is 11.8 Å². The zero-order valence-electron chi connectivity index (χ0n) is 12.3. The lowest BCUT2D eigenvalue weighted by molar-refractivity contribution is 0.205. The van der Waals surface area contributed by atoms with Crippen molar-refractivity contribution in [3.05, 3.63) is 77.6 Å². The number of rotatable bonds is 5. The van der Waals surface area contributed by atoms with E-state index in [4.69, 9.17) is 0 Å². The summed E-state index contributed by atoms with van der Waals surface area (Å²) >= 11 is 1.61. The first-order valence-electron chi connectivity index (χ1n) is 7.04. The number of aliphatic hydroxyl groups is 1. The van der Waals surface area contributed by atoms with Gasteiger partial charge in [-0.25, -0.2) is 0 Å². The SMILES string of the molecule is Cn1c(SCc2ccccc2)nnc1[C@H](O)c1ccccc1. The average Bonchev–Trinajstić information content (AvgIpc) is 2.95. The Labute approximate surface area is 133 Å². The Morgan fingerprint density at radius 3 is 2.32 bits per heavy atom. The summed E-state index contributed by atoms with van der Waals surface area (Å²) in [6, 6.07) is 19.7. The van der Waals surface area contributed by atoms with Crippen molar-refractivity contribution in [1.29, 1.82) is 0 Å². The summed E-state index contributed by atoms with van der Waals surface area (Å²) in [6.07, 6.45) is -0.759. The minimum absolute atomic E-state index is 0.557. The van der Waals surface area contributed by atoms with E-state index in [1.165, 1.54) is 5.56 Å². The van der Waals surface area contributed by atoms with Crippen LogP contribution in [0.2, 0.25) is 0 Å². The largest absolute Gasteiger partial charge is 0.380 e. The van der Waals surface area contributed by atoms with Crippen molar-refractivity contribution in [2.45, 2.75) is 17.0 Å². The molecule has 0 spiro atoms. The molecule has 1 heterocycles. The molecular formula is C17H17N3OS. The molecule has 0 saturated carbocycles. The third kappa shape index (κ3) is 3.21. The van der Waals surface area contributed by atoms with Crippen molar-refractivity contribution in [2.24, 2.45) is 7.05 Å². The van der Waals surface area contributed by atoms with Crippen molar-refractivity contribution in [2.75, 3.05) is 0 Å². The first-order chi connectivity index (χ1) is 10.8. The van der Waals surface area contributed by atoms with Gasteiger partial charge in [0.1, 0.15) is 6.10 Å². The summed E-state index contributed by atoms with van der Waals surface area (Å²) in [7, 11) is 1.88. The number of hydrogen-bond donors (Lipinski definition) is 1. The van der Waals surface area contributed by atoms with E-state index in [2.05, 4.69) is 22.3 Å². The van der Waals surface area contributed by atoms with E-state index in [0.29, 0.717) is 5.82 Å². The first-order valence-corrected chi connectivity index (χ1v) is 8.03. The number of thioether (sulfide) groups is 1. The number of benzene rings is 2. The molecule has 1 N–H and O–H groups in total. The van der Waals surface area contributed by atoms with Crippen LogP contribution in [0.25, 0.3) is 0 Å². The second-order valence-corrected chi connectivity index (χ2v) is 5.93. The van der Waals surface area contributed by atoms with Gasteiger partial charge in [-0.2, -0.15) is 0 Å². The van der Waals surface area contributed by atoms with Gasteiger partial charge in [-0.05, 0) is 11.1 Å². The van der Waals surface area contributed by atoms with Crippen LogP contribution in [0.3, 0.4) is 0 Å². The van der Waals surface area contributed by atoms with Gasteiger partial charge in [0.25, 0.3) is 0 Å². The molecule has 0 unspecified atom stereocenters. The molecule has 3 aromatic rings. The van der Waals surface area contributed by atoms with Crippen LogP contribution in [-0.2, 0) is 12.8 Å². The minimum atomic E-state index is -0.759. The summed E-state index contributed by atoms with van der Waals surface area (Å²) in [5.74, 6) is 1.38. The highest BCUT2D eigenvalue weighted by atomic mass is 32.2. The molecule has 0 radical (unpaired) electrons. The molecule has 0 bridgehead atoms. The molecule has 0 aliphatic rings. The van der Waals surface area contributed by atoms with Gasteiger partial charge in [0.05, 0.1) is 0 Å². The molecule has 0 aliphatic carbocycles. The van der Waals surface area contributed by atoms with E-state index < -0.39 is 6.10 Å². The Hall–Kier alpha value is -2.11. The molecule has 5 heteroatoms. The van der Waals surface area contributed by atoms with Gasteiger partial charge in [0.15, 0.2) is 11.0 Å². The molecule has 1 aromatic heterocycles. The van der Waals surface area contributed by atoms with Crippen LogP contribution in [0.4, 0.5) is 0 Å². The first kappa shape index (κ1) is 14.8. The van der Waals surface area contributed by atoms with Crippen molar-refractivity contribution in [3.8, 4) is 0 Å². The highest BCUT2D eigenvalue weighted by molar-refractivity contribution is 7.98. The average molecular weight is 311 g/mol. The zero-order valence-corrected chi connectivity index (χ0v) is 13.1. The molecule has 22 heavy (non-hydrogen) atoms. The van der Waals surface area contributed by atoms with E-state index in [1.807, 2.05) is 60.1 Å². The Bertz CT molecular complexity index is 728. The summed E-state index contributed by atoms with van der Waals surface area (Å²) < 4.78 is 1.85. The quantitative estimate of drug-likeness (QED) is 0.735. The van der Waals surface area contributed by atoms with Gasteiger partial charge >= 0.3 is 0 Å². The maximum atomic E-state index is 10.4. The smallest absolute Gasteiger partial charge is 0.191 e. The number of aromatic nitrogens is 3. The lowest BCUT2D eigenvalue weighted by Gasteiger charge is -2.10. The third-order valence-corrected chi connectivity index (χ3v) is 4.53. The van der Waals surface area contributed by atoms with E-state index >= 15 is 0 Å². The van der Waals surface area contributed by atoms with Gasteiger partial charge < -0.3 is 9.67 Å². The molecule has 0 saturated heterocycles. The van der Waals surface area contributed by atoms with Crippen LogP contribution < -0.4 is 0 Å². The second kappa shape index (κ2) is 6.77. The highest BCUT2D eigenvalue weighted by Crippen LogP contribution is 2.25. The fraction of sp³-hybridized carbons (Fsp3) is 0.176. The van der Waals surface area contributed by atoms with Gasteiger partial charge in [0.2, 0.25) is 0 Å². The fourth-order valence-electron chi connectivity index (χ4n) is 2.20. The van der Waals surface area contributed by atoms with Gasteiger partial charge in [-0.1, -0.05) is 72.4 Å². The predicted octanol–water partition coefficient (Wildman–Crippen LogP) is 3.19. The van der Waals surface area contributed by atoms with Gasteiger partial charge in [-0.15, -0.1) is 10.2 Å². The van der Waals surface area contributed by atoms with Crippen molar-refractivity contribution < 1.29 is 5.11 Å². The Kier molecular flexibility index (Phi) is 4.56. The van der Waals surface area contributed by atoms with Crippen LogP contribution in [-0.4, -0.2) is 19.9 Å². The number of nitrogens with zero attached hydrogens (tertiary/aromatic N) is 3. The fourth-order valence-corrected chi connectivity index (χ4v) is 3.07. The molecule has 0 aliphatic heterocycles. The molecule has 0 fully saturated rings. The van der Waals surface area contributed by atoms with Crippen molar-refractivity contribution in [3.63, 3.8) is 0 Å². The van der Waals surface area contributed by atoms with Crippen LogP contribution in [0.15, 0.2) is 65.8 Å². The molecule has 4 nitrogen and oxygen atoms in total. The van der Waals surface area contributed by atoms with Crippen LogP contribution in [0.5, 0.6) is 0 Å². The zero-order chi connectivity index (χ0) is 15.4. The Morgan fingerprint density at radius 2 is 1.64 bits per heavy atom. The normalized spacial score (nSPS) is 12.3. The Balaban J connectivity index is 1.75. The lowest BCUT2D eigenvalue weighted by atomic mass is 10.1. The predicted molar refractivity (Wildman–Crippen MR) is 87.5 cm³/mol. The van der Waals surface area contributed by atoms with Crippen LogP contribution >= 0.6 is 11.8 Å². The number of hydrogen-bond acceptors (Lipinski definition) is 4. The monoisotopic (exact) mass is 311 g/mol. The van der Waals surface area contributed by atoms with E-state index in [9.17, 15) is 5.11 Å². The molecule has 3 rings (SSSR count). The van der Waals surface area contributed by atoms with Gasteiger partial charge in [-0.3, -0.25) is 0 Å². The van der Waals surface area contributed by atoms with Crippen LogP contribution in [0.1, 0.15) is 23.1 Å². The lowest BCUT2D eigenvalue weighted by Crippen LogP contribution is -2.07. The summed E-state index contributed by atoms with van der Waals surface area (Å²) in [5.41, 5.74) is 2.05. The minimum Gasteiger partial charge on any atom is -0.380 e. The number of aliphatic hydroxyl groups excluding tert-OH is 1. The van der Waals surface area contributed by atoms with Crippen molar-refractivity contribution in [1.82, 2.24) is 14.8 Å². The summed E-state index contributed by atoms with van der Waals surface area (Å²) in [6.45, 7) is 0. The standard InChI is InChI=1S/C17H17N3OS/c1-20-16(15(21)14-10-6-3-7-11-14)18-19-17(20)22-12-13-8-4-2-5-9-13/h2-11,15,21H,12H2,1H3/t15-/m1/s1. The third-order valence-electron chi connectivity index (χ3n) is 3.44.